The van der Waals surface area contributed by atoms with Gasteiger partial charge in [-0.05, 0) is 23.8 Å². The molecule has 2 fully saturated rings. The molecule has 174 valence electrons. The van der Waals surface area contributed by atoms with E-state index in [1.807, 2.05) is 0 Å². The van der Waals surface area contributed by atoms with Gasteiger partial charge in [-0.1, -0.05) is 23.7 Å². The molecule has 0 bridgehead atoms. The predicted octanol–water partition coefficient (Wildman–Crippen LogP) is 2.48. The van der Waals surface area contributed by atoms with Gasteiger partial charge in [-0.2, -0.15) is 13.8 Å². The Labute approximate surface area is 185 Å². The number of alkyl halides is 2. The maximum absolute atomic E-state index is 14.3. The summed E-state index contributed by atoms with van der Waals surface area (Å²) in [5.41, 5.74) is -0.482. The Hall–Kier alpha value is -1.92. The largest absolute Gasteiger partial charge is 0.434 e. The summed E-state index contributed by atoms with van der Waals surface area (Å²) in [4.78, 5) is 16.0. The second-order valence-corrected chi connectivity index (χ2v) is 9.34. The molecule has 32 heavy (non-hydrogen) atoms. The van der Waals surface area contributed by atoms with Gasteiger partial charge in [0.15, 0.2) is 6.10 Å². The first-order valence-electron chi connectivity index (χ1n) is 9.51. The van der Waals surface area contributed by atoms with Crippen molar-refractivity contribution in [1.29, 1.82) is 0 Å². The van der Waals surface area contributed by atoms with Crippen LogP contribution in [-0.2, 0) is 18.3 Å². The van der Waals surface area contributed by atoms with Crippen molar-refractivity contribution in [2.75, 3.05) is 18.3 Å². The molecule has 1 aromatic heterocycles. The summed E-state index contributed by atoms with van der Waals surface area (Å²) in [6.45, 7) is -0.776. The molecule has 2 aliphatic rings. The number of hydrogen-bond acceptors (Lipinski definition) is 8. The van der Waals surface area contributed by atoms with Gasteiger partial charge in [-0.25, -0.2) is 9.36 Å². The first-order chi connectivity index (χ1) is 15.1. The van der Waals surface area contributed by atoms with Crippen molar-refractivity contribution < 1.29 is 37.3 Å². The molecule has 0 amide bonds. The van der Waals surface area contributed by atoms with Gasteiger partial charge in [0, 0.05) is 17.6 Å². The normalized spacial score (nSPS) is 32.0. The van der Waals surface area contributed by atoms with E-state index in [4.69, 9.17) is 30.5 Å². The van der Waals surface area contributed by atoms with Crippen LogP contribution in [0.15, 0.2) is 41.3 Å². The number of anilines is 1. The van der Waals surface area contributed by atoms with Crippen molar-refractivity contribution in [3.05, 3.63) is 57.6 Å². The Balaban J connectivity index is 1.52. The Kier molecular flexibility index (Phi) is 6.38. The molecule has 2 aromatic rings. The van der Waals surface area contributed by atoms with E-state index in [1.54, 1.807) is 24.3 Å². The zero-order chi connectivity index (χ0) is 23.1. The number of nitrogens with zero attached hydrogens (tertiary/aromatic N) is 2. The highest BCUT2D eigenvalue weighted by Gasteiger charge is 2.59. The lowest BCUT2D eigenvalue weighted by atomic mass is 10.1. The summed E-state index contributed by atoms with van der Waals surface area (Å²) in [6.07, 6.45) is -5.29. The zero-order valence-corrected chi connectivity index (χ0v) is 18.0. The highest BCUT2D eigenvalue weighted by atomic mass is 35.5. The molecule has 3 heterocycles. The van der Waals surface area contributed by atoms with Gasteiger partial charge in [-0.3, -0.25) is 18.7 Å². The molecule has 4 rings (SSSR count). The number of ether oxygens (including phenoxy) is 1. The van der Waals surface area contributed by atoms with E-state index < -0.39 is 50.5 Å². The Morgan fingerprint density at radius 3 is 2.81 bits per heavy atom. The lowest BCUT2D eigenvalue weighted by molar-refractivity contribution is -0.140. The van der Waals surface area contributed by atoms with Crippen LogP contribution in [0, 0.1) is 0 Å². The summed E-state index contributed by atoms with van der Waals surface area (Å²) >= 11 is 5.99. The van der Waals surface area contributed by atoms with Crippen LogP contribution in [0.2, 0.25) is 5.02 Å². The van der Waals surface area contributed by atoms with Crippen LogP contribution in [0.3, 0.4) is 0 Å². The van der Waals surface area contributed by atoms with E-state index in [0.29, 0.717) is 21.6 Å². The Morgan fingerprint density at radius 2 is 2.16 bits per heavy atom. The van der Waals surface area contributed by atoms with Gasteiger partial charge < -0.3 is 14.9 Å². The van der Waals surface area contributed by atoms with Gasteiger partial charge in [0.2, 0.25) is 6.23 Å². The summed E-state index contributed by atoms with van der Waals surface area (Å²) in [6, 6.07) is 7.92. The molecule has 2 saturated heterocycles. The summed E-state index contributed by atoms with van der Waals surface area (Å²) < 4.78 is 57.8. The second kappa shape index (κ2) is 8.79. The second-order valence-electron chi connectivity index (χ2n) is 7.21. The molecule has 0 aliphatic carbocycles. The van der Waals surface area contributed by atoms with Crippen LogP contribution in [-0.4, -0.2) is 51.1 Å². The molecule has 3 N–H and O–H groups in total. The van der Waals surface area contributed by atoms with Crippen molar-refractivity contribution in [2.45, 2.75) is 36.9 Å². The summed E-state index contributed by atoms with van der Waals surface area (Å²) in [5.74, 6) is -4.08. The van der Waals surface area contributed by atoms with Crippen molar-refractivity contribution in [3.63, 3.8) is 0 Å². The first-order valence-corrected chi connectivity index (χ1v) is 11.4. The number of hydrogen-bond donors (Lipinski definition) is 3. The Morgan fingerprint density at radius 1 is 1.38 bits per heavy atom. The molecular formula is C18H19ClF2N3O7P. The quantitative estimate of drug-likeness (QED) is 0.537. The smallest absolute Gasteiger partial charge is 0.394 e. The lowest BCUT2D eigenvalue weighted by Crippen LogP contribution is -2.41. The molecule has 10 nitrogen and oxygen atoms in total. The van der Waals surface area contributed by atoms with Crippen LogP contribution in [0.4, 0.5) is 14.6 Å². The fourth-order valence-corrected chi connectivity index (χ4v) is 5.13. The molecule has 2 aliphatic heterocycles. The Bertz CT molecular complexity index is 1100. The minimum Gasteiger partial charge on any atom is -0.394 e. The molecule has 2 unspecified atom stereocenters. The third-order valence-corrected chi connectivity index (χ3v) is 6.81. The van der Waals surface area contributed by atoms with Crippen molar-refractivity contribution in [2.24, 2.45) is 0 Å². The topological polar surface area (TPSA) is 132 Å². The highest BCUT2D eigenvalue weighted by molar-refractivity contribution is 7.55. The number of halogens is 3. The van der Waals surface area contributed by atoms with Crippen LogP contribution in [0.25, 0.3) is 0 Å². The third-order valence-electron chi connectivity index (χ3n) is 5.02. The predicted molar refractivity (Wildman–Crippen MR) is 108 cm³/mol. The van der Waals surface area contributed by atoms with Crippen LogP contribution >= 0.6 is 19.3 Å². The monoisotopic (exact) mass is 493 g/mol. The van der Waals surface area contributed by atoms with Crippen LogP contribution < -0.4 is 10.8 Å². The van der Waals surface area contributed by atoms with Crippen molar-refractivity contribution in [1.82, 2.24) is 9.55 Å². The number of rotatable bonds is 5. The van der Waals surface area contributed by atoms with Crippen molar-refractivity contribution >= 4 is 25.2 Å². The van der Waals surface area contributed by atoms with Gasteiger partial charge in [0.05, 0.1) is 19.3 Å². The van der Waals surface area contributed by atoms with Gasteiger partial charge in [0.1, 0.15) is 11.9 Å². The standard InChI is InChI=1S/C18H19ClF2N3O7P/c19-11-3-1-2-10(8-11)12-5-7-29-32(28,31-12)23-14-4-6-24(17(27)22-14)16-18(20,21)15(26)13(9-25)30-16/h1-4,6,8,12-13,15-16,25-26H,5,7,9H2,(H,22,23,27,28)/t12?,13-,15-,16-,32?/m1/s1. The zero-order valence-electron chi connectivity index (χ0n) is 16.3. The summed E-state index contributed by atoms with van der Waals surface area (Å²) in [7, 11) is -3.94. The van der Waals surface area contributed by atoms with Crippen molar-refractivity contribution in [3.8, 4) is 0 Å². The van der Waals surface area contributed by atoms with Crippen LogP contribution in [0.5, 0.6) is 0 Å². The molecule has 1 aromatic carbocycles. The van der Waals surface area contributed by atoms with Crippen LogP contribution in [0.1, 0.15) is 24.3 Å². The first kappa shape index (κ1) is 23.2. The van der Waals surface area contributed by atoms with E-state index in [2.05, 4.69) is 10.1 Å². The number of aromatic nitrogens is 2. The summed E-state index contributed by atoms with van der Waals surface area (Å²) in [5, 5.41) is 21.6. The lowest BCUT2D eigenvalue weighted by Gasteiger charge is -2.30. The molecule has 14 heteroatoms. The number of aliphatic hydroxyl groups is 2. The fraction of sp³-hybridized carbons (Fsp3) is 0.444. The minimum absolute atomic E-state index is 0.0844. The molecule has 0 radical (unpaired) electrons. The van der Waals surface area contributed by atoms with E-state index in [9.17, 15) is 23.2 Å². The van der Waals surface area contributed by atoms with E-state index in [-0.39, 0.29) is 12.4 Å². The van der Waals surface area contributed by atoms with E-state index in [0.717, 1.165) is 12.3 Å². The molecule has 5 atom stereocenters. The highest BCUT2D eigenvalue weighted by Crippen LogP contribution is 2.55. The number of aliphatic hydroxyl groups excluding tert-OH is 2. The SMILES string of the molecule is O=c1nc(NP2(=O)OCCC(c3cccc(Cl)c3)O2)ccn1[C@@H]1O[C@H](CO)[C@@H](O)C1(F)F. The van der Waals surface area contributed by atoms with Gasteiger partial charge in [-0.15, -0.1) is 0 Å². The number of nitrogens with one attached hydrogen (secondary N) is 1. The molecule has 0 saturated carbocycles. The number of benzene rings is 1. The average molecular weight is 494 g/mol. The molecular weight excluding hydrogens is 475 g/mol. The fourth-order valence-electron chi connectivity index (χ4n) is 3.44. The minimum atomic E-state index is -3.94. The maximum Gasteiger partial charge on any atom is 0.434 e. The van der Waals surface area contributed by atoms with E-state index in [1.165, 1.54) is 0 Å². The van der Waals surface area contributed by atoms with Gasteiger partial charge >= 0.3 is 19.4 Å². The maximum atomic E-state index is 14.3. The molecule has 0 spiro atoms. The van der Waals surface area contributed by atoms with E-state index >= 15 is 0 Å². The third kappa shape index (κ3) is 4.44. The van der Waals surface area contributed by atoms with Gasteiger partial charge in [0.25, 0.3) is 0 Å². The average Bonchev–Trinajstić information content (AvgIpc) is 2.97.